The Hall–Kier alpha value is -2.95. The van der Waals surface area contributed by atoms with Crippen LogP contribution in [0, 0.1) is 0 Å². The average Bonchev–Trinajstić information content (AvgIpc) is 3.15. The summed E-state index contributed by atoms with van der Waals surface area (Å²) in [4.78, 5) is 11.9. The van der Waals surface area contributed by atoms with Gasteiger partial charge in [0.2, 0.25) is 5.91 Å². The first-order chi connectivity index (χ1) is 15.2. The summed E-state index contributed by atoms with van der Waals surface area (Å²) in [6.45, 7) is 1.31. The molecule has 0 atom stereocenters. The number of fused-ring (bicyclic) bond motifs is 1. The van der Waals surface area contributed by atoms with Crippen molar-refractivity contribution in [2.45, 2.75) is 16.7 Å². The van der Waals surface area contributed by atoms with Crippen LogP contribution < -0.4 is 3.71 Å². The fraction of sp³-hybridized carbons (Fsp3) is 0.0455. The summed E-state index contributed by atoms with van der Waals surface area (Å²) >= 11 is 3.38. The lowest BCUT2D eigenvalue weighted by Crippen LogP contribution is -2.37. The molecule has 1 heterocycles. The zero-order valence-corrected chi connectivity index (χ0v) is 19.9. The second kappa shape index (κ2) is 8.19. The number of carbonyl (C=O) groups excluding carboxylic acids is 1. The zero-order valence-electron chi connectivity index (χ0n) is 16.7. The van der Waals surface area contributed by atoms with E-state index in [4.69, 9.17) is 0 Å². The fourth-order valence-corrected chi connectivity index (χ4v) is 7.68. The monoisotopic (exact) mass is 532 g/mol. The van der Waals surface area contributed by atoms with Crippen LogP contribution in [0.2, 0.25) is 0 Å². The van der Waals surface area contributed by atoms with Crippen LogP contribution in [-0.4, -0.2) is 27.3 Å². The molecule has 0 aliphatic rings. The quantitative estimate of drug-likeness (QED) is 0.373. The lowest BCUT2D eigenvalue weighted by Gasteiger charge is -2.23. The number of halogens is 1. The second-order valence-corrected chi connectivity index (χ2v) is 11.5. The maximum atomic E-state index is 13.7. The number of hydrogen-bond donors (Lipinski definition) is 0. The molecule has 0 spiro atoms. The Morgan fingerprint density at radius 2 is 1.28 bits per heavy atom. The summed E-state index contributed by atoms with van der Waals surface area (Å²) < 4.78 is 57.0. The van der Waals surface area contributed by atoms with Crippen LogP contribution in [0.5, 0.6) is 0 Å². The van der Waals surface area contributed by atoms with Crippen LogP contribution in [0.4, 0.5) is 5.69 Å². The van der Waals surface area contributed by atoms with Gasteiger partial charge in [-0.2, -0.15) is 3.71 Å². The van der Waals surface area contributed by atoms with Crippen molar-refractivity contribution in [3.05, 3.63) is 89.5 Å². The molecular weight excluding hydrogens is 516 g/mol. The third-order valence-electron chi connectivity index (χ3n) is 4.81. The molecule has 3 aromatic carbocycles. The van der Waals surface area contributed by atoms with Crippen molar-refractivity contribution in [1.29, 1.82) is 0 Å². The van der Waals surface area contributed by atoms with E-state index in [1.165, 1.54) is 66.2 Å². The lowest BCUT2D eigenvalue weighted by molar-refractivity contribution is 0.0941. The minimum Gasteiger partial charge on any atom is -0.285 e. The predicted octanol–water partition coefficient (Wildman–Crippen LogP) is 4.65. The Kier molecular flexibility index (Phi) is 5.70. The Morgan fingerprint density at radius 3 is 1.75 bits per heavy atom. The van der Waals surface area contributed by atoms with E-state index in [2.05, 4.69) is 15.9 Å². The van der Waals surface area contributed by atoms with Gasteiger partial charge in [-0.1, -0.05) is 58.4 Å². The maximum absolute atomic E-state index is 13.7. The molecule has 164 valence electrons. The smallest absolute Gasteiger partial charge is 0.277 e. The standard InChI is InChI=1S/C22H17BrN2O5S2/c1-16(26)24-15-21(22-19(23)13-8-14-20(22)24)25(31(27,28)17-9-4-2-5-10-17)32(29,30)18-11-6-3-7-12-18/h2-15H,1H3. The van der Waals surface area contributed by atoms with Gasteiger partial charge in [0.25, 0.3) is 20.0 Å². The molecule has 0 amide bonds. The van der Waals surface area contributed by atoms with Gasteiger partial charge >= 0.3 is 0 Å². The summed E-state index contributed by atoms with van der Waals surface area (Å²) in [5, 5.41) is 0.279. The van der Waals surface area contributed by atoms with Crippen molar-refractivity contribution in [2.24, 2.45) is 0 Å². The van der Waals surface area contributed by atoms with E-state index >= 15 is 0 Å². The van der Waals surface area contributed by atoms with E-state index in [0.29, 0.717) is 13.7 Å². The summed E-state index contributed by atoms with van der Waals surface area (Å²) in [7, 11) is -9.16. The van der Waals surface area contributed by atoms with Crippen LogP contribution >= 0.6 is 15.9 Å². The highest BCUT2D eigenvalue weighted by Gasteiger charge is 2.39. The Morgan fingerprint density at radius 1 is 0.781 bits per heavy atom. The fourth-order valence-electron chi connectivity index (χ4n) is 3.39. The summed E-state index contributed by atoms with van der Waals surface area (Å²) in [5.74, 6) is -0.395. The topological polar surface area (TPSA) is 93.5 Å². The molecule has 0 saturated carbocycles. The number of rotatable bonds is 5. The van der Waals surface area contributed by atoms with Gasteiger partial charge in [0.1, 0.15) is 0 Å². The van der Waals surface area contributed by atoms with Crippen molar-refractivity contribution in [2.75, 3.05) is 3.71 Å². The molecule has 10 heteroatoms. The highest BCUT2D eigenvalue weighted by atomic mass is 79.9. The molecule has 0 fully saturated rings. The van der Waals surface area contributed by atoms with E-state index in [0.717, 1.165) is 0 Å². The highest BCUT2D eigenvalue weighted by Crippen LogP contribution is 2.40. The van der Waals surface area contributed by atoms with Gasteiger partial charge in [-0.3, -0.25) is 9.36 Å². The highest BCUT2D eigenvalue weighted by molar-refractivity contribution is 9.10. The molecule has 4 aromatic rings. The molecule has 1 aromatic heterocycles. The SMILES string of the molecule is CC(=O)n1cc(N(S(=O)(=O)c2ccccc2)S(=O)(=O)c2ccccc2)c2c(Br)cccc21. The number of sulfonamides is 2. The van der Waals surface area contributed by atoms with Gasteiger partial charge < -0.3 is 0 Å². The van der Waals surface area contributed by atoms with Crippen molar-refractivity contribution >= 4 is 58.5 Å². The van der Waals surface area contributed by atoms with Crippen molar-refractivity contribution in [3.63, 3.8) is 0 Å². The minimum atomic E-state index is -4.58. The Balaban J connectivity index is 2.13. The van der Waals surface area contributed by atoms with Crippen molar-refractivity contribution in [1.82, 2.24) is 4.57 Å². The van der Waals surface area contributed by atoms with E-state index in [-0.39, 0.29) is 20.9 Å². The first-order valence-electron chi connectivity index (χ1n) is 9.37. The van der Waals surface area contributed by atoms with Gasteiger partial charge in [-0.15, -0.1) is 0 Å². The Bertz CT molecular complexity index is 1460. The van der Waals surface area contributed by atoms with Gasteiger partial charge in [-0.25, -0.2) is 16.8 Å². The van der Waals surface area contributed by atoms with E-state index in [1.54, 1.807) is 30.3 Å². The summed E-state index contributed by atoms with van der Waals surface area (Å²) in [6, 6.07) is 19.5. The molecular formula is C22H17BrN2O5S2. The molecule has 0 N–H and O–H groups in total. The van der Waals surface area contributed by atoms with Crippen LogP contribution in [0.15, 0.2) is 99.3 Å². The van der Waals surface area contributed by atoms with Gasteiger partial charge in [-0.05, 0) is 36.4 Å². The molecule has 7 nitrogen and oxygen atoms in total. The second-order valence-electron chi connectivity index (χ2n) is 6.87. The number of nitrogens with zero attached hydrogens (tertiary/aromatic N) is 2. The van der Waals surface area contributed by atoms with Crippen LogP contribution in [0.3, 0.4) is 0 Å². The van der Waals surface area contributed by atoms with E-state index in [1.807, 2.05) is 0 Å². The maximum Gasteiger partial charge on any atom is 0.277 e. The zero-order chi connectivity index (χ0) is 23.1. The molecule has 0 saturated heterocycles. The van der Waals surface area contributed by atoms with E-state index in [9.17, 15) is 21.6 Å². The van der Waals surface area contributed by atoms with E-state index < -0.39 is 26.0 Å². The molecule has 0 unspecified atom stereocenters. The third-order valence-corrected chi connectivity index (χ3v) is 9.65. The van der Waals surface area contributed by atoms with Crippen LogP contribution in [0.1, 0.15) is 11.7 Å². The van der Waals surface area contributed by atoms with Crippen LogP contribution in [-0.2, 0) is 20.0 Å². The first-order valence-corrected chi connectivity index (χ1v) is 13.0. The van der Waals surface area contributed by atoms with Gasteiger partial charge in [0.05, 0.1) is 21.0 Å². The molecule has 0 bridgehead atoms. The third kappa shape index (κ3) is 3.64. The molecule has 0 aliphatic heterocycles. The summed E-state index contributed by atoms with van der Waals surface area (Å²) in [6.07, 6.45) is 1.23. The minimum absolute atomic E-state index is 0.157. The molecule has 0 radical (unpaired) electrons. The lowest BCUT2D eigenvalue weighted by atomic mass is 10.2. The van der Waals surface area contributed by atoms with Gasteiger partial charge in [0.15, 0.2) is 0 Å². The van der Waals surface area contributed by atoms with Crippen molar-refractivity contribution < 1.29 is 21.6 Å². The summed E-state index contributed by atoms with van der Waals surface area (Å²) in [5.41, 5.74) is 0.216. The number of benzene rings is 3. The number of hydrogen-bond acceptors (Lipinski definition) is 5. The number of carbonyl (C=O) groups is 1. The van der Waals surface area contributed by atoms with Crippen LogP contribution in [0.25, 0.3) is 10.9 Å². The predicted molar refractivity (Wildman–Crippen MR) is 126 cm³/mol. The Labute approximate surface area is 194 Å². The number of aromatic nitrogens is 1. The molecule has 4 rings (SSSR count). The first kappa shape index (κ1) is 22.3. The largest absolute Gasteiger partial charge is 0.285 e. The van der Waals surface area contributed by atoms with Crippen molar-refractivity contribution in [3.8, 4) is 0 Å². The average molecular weight is 533 g/mol. The van der Waals surface area contributed by atoms with Gasteiger partial charge in [0, 0.05) is 23.0 Å². The molecule has 0 aliphatic carbocycles. The normalized spacial score (nSPS) is 12.1. The number of anilines is 1. The molecule has 32 heavy (non-hydrogen) atoms.